The molecule has 0 aliphatic heterocycles. The van der Waals surface area contributed by atoms with Gasteiger partial charge < -0.3 is 0 Å². The Hall–Kier alpha value is 2.25. The fourth-order valence-corrected chi connectivity index (χ4v) is 0. The van der Waals surface area contributed by atoms with E-state index in [2.05, 4.69) is 0 Å². The first-order valence-electron chi connectivity index (χ1n) is 0. The maximum atomic E-state index is 0. The smallest absolute Gasteiger partial charge is 0 e. The summed E-state index contributed by atoms with van der Waals surface area (Å²) in [6, 6.07) is 0. The third kappa shape index (κ3) is 8.87. The van der Waals surface area contributed by atoms with E-state index in [4.69, 9.17) is 0 Å². The standard InChI is InChI=1S/As.Fe.S.Sb. The van der Waals surface area contributed by atoms with Crippen molar-refractivity contribution in [2.24, 2.45) is 0 Å². The third-order valence-electron chi connectivity index (χ3n) is 0. The second kappa shape index (κ2) is 18.7. The van der Waals surface area contributed by atoms with Crippen molar-refractivity contribution < 1.29 is 17.1 Å². The molecule has 0 aromatic carbocycles. The fraction of sp³-hybridized carbons (Fsp3) is 0. The molecule has 24 valence electrons. The van der Waals surface area contributed by atoms with E-state index >= 15 is 0 Å². The largest absolute Gasteiger partial charge is 0 e. The predicted octanol–water partition coefficient (Wildman–Crippen LogP) is -0.116. The van der Waals surface area contributed by atoms with Crippen molar-refractivity contribution >= 4 is 55.9 Å². The van der Waals surface area contributed by atoms with Crippen molar-refractivity contribution in [3.8, 4) is 0 Å². The monoisotopic (exact) mass is 284 g/mol. The van der Waals surface area contributed by atoms with Crippen LogP contribution >= 0.6 is 13.5 Å². The maximum absolute atomic E-state index is 0. The van der Waals surface area contributed by atoms with Gasteiger partial charge in [0.25, 0.3) is 0 Å². The van der Waals surface area contributed by atoms with Gasteiger partial charge in [-0.15, -0.1) is 0 Å². The second-order valence-corrected chi connectivity index (χ2v) is 0. The molecule has 4 heteroatoms. The van der Waals surface area contributed by atoms with Crippen molar-refractivity contribution in [3.63, 3.8) is 0 Å². The first kappa shape index (κ1) is 34.1. The van der Waals surface area contributed by atoms with Gasteiger partial charge in [0.15, 0.2) is 0 Å². The number of rotatable bonds is 0. The molecule has 0 aromatic heterocycles. The molecule has 0 amide bonds. The molecule has 0 rings (SSSR count). The van der Waals surface area contributed by atoms with Crippen LogP contribution in [-0.2, 0) is 17.1 Å². The predicted molar refractivity (Wildman–Crippen MR) is 19.1 cm³/mol. The van der Waals surface area contributed by atoms with Gasteiger partial charge in [-0.05, 0) is 0 Å². The van der Waals surface area contributed by atoms with Crippen molar-refractivity contribution in [3.05, 3.63) is 0 Å². The van der Waals surface area contributed by atoms with E-state index in [9.17, 15) is 0 Å². The summed E-state index contributed by atoms with van der Waals surface area (Å²) in [6.07, 6.45) is 0. The summed E-state index contributed by atoms with van der Waals surface area (Å²) >= 11 is 0. The SMILES string of the molecule is [As].[Fe].[S].[Sb]. The molecule has 0 unspecified atom stereocenters. The summed E-state index contributed by atoms with van der Waals surface area (Å²) in [7, 11) is 0. The molecule has 0 aromatic rings. The summed E-state index contributed by atoms with van der Waals surface area (Å²) < 4.78 is 0. The van der Waals surface area contributed by atoms with E-state index in [0.717, 1.165) is 0 Å². The zero-order chi connectivity index (χ0) is 0. The fourth-order valence-electron chi connectivity index (χ4n) is 0. The summed E-state index contributed by atoms with van der Waals surface area (Å²) in [6.45, 7) is 0. The van der Waals surface area contributed by atoms with Crippen LogP contribution < -0.4 is 0 Å². The molecular formula is AsFeSSb. The first-order chi connectivity index (χ1) is 0. The average Bonchev–Trinajstić information content (AvgIpc) is 0. The van der Waals surface area contributed by atoms with E-state index in [-0.39, 0.29) is 72.9 Å². The normalized spacial score (nSPS) is 0. The quantitative estimate of drug-likeness (QED) is 0.544. The minimum absolute atomic E-state index is 0. The summed E-state index contributed by atoms with van der Waals surface area (Å²) in [5, 5.41) is 0. The molecular weight excluding hydrogens is 285 g/mol. The molecule has 0 nitrogen and oxygen atoms in total. The van der Waals surface area contributed by atoms with Gasteiger partial charge in [-0.1, -0.05) is 0 Å². The van der Waals surface area contributed by atoms with Crippen LogP contribution in [0.5, 0.6) is 0 Å². The van der Waals surface area contributed by atoms with Crippen LogP contribution in [0.1, 0.15) is 0 Å². The number of hydrogen-bond donors (Lipinski definition) is 0. The minimum atomic E-state index is 0. The van der Waals surface area contributed by atoms with Gasteiger partial charge in [-0.3, -0.25) is 0 Å². The van der Waals surface area contributed by atoms with Gasteiger partial charge in [0, 0.05) is 72.9 Å². The van der Waals surface area contributed by atoms with Gasteiger partial charge in [-0.2, -0.15) is 0 Å². The van der Waals surface area contributed by atoms with Crippen LogP contribution in [0.2, 0.25) is 0 Å². The van der Waals surface area contributed by atoms with Gasteiger partial charge in [0.2, 0.25) is 0 Å². The summed E-state index contributed by atoms with van der Waals surface area (Å²) in [4.78, 5) is 0. The zero-order valence-corrected chi connectivity index (χ0v) is 8.01. The van der Waals surface area contributed by atoms with E-state index in [1.165, 1.54) is 0 Å². The molecule has 0 saturated heterocycles. The van der Waals surface area contributed by atoms with E-state index in [1.54, 1.807) is 0 Å². The molecule has 0 fully saturated rings. The van der Waals surface area contributed by atoms with Crippen LogP contribution in [0.3, 0.4) is 0 Å². The van der Waals surface area contributed by atoms with Crippen molar-refractivity contribution in [1.29, 1.82) is 0 Å². The van der Waals surface area contributed by atoms with E-state index in [1.807, 2.05) is 0 Å². The Balaban J connectivity index is 0. The average molecular weight is 285 g/mol. The van der Waals surface area contributed by atoms with Crippen LogP contribution in [0.25, 0.3) is 0 Å². The number of hydrogen-bond acceptors (Lipinski definition) is 0. The molecule has 0 aliphatic carbocycles. The van der Waals surface area contributed by atoms with Gasteiger partial charge in [0.05, 0.1) is 0 Å². The van der Waals surface area contributed by atoms with Gasteiger partial charge in [0.1, 0.15) is 0 Å². The summed E-state index contributed by atoms with van der Waals surface area (Å²) in [5.41, 5.74) is 0. The summed E-state index contributed by atoms with van der Waals surface area (Å²) in [5.74, 6) is 0. The molecule has 8 radical (unpaired) electrons. The van der Waals surface area contributed by atoms with Crippen molar-refractivity contribution in [2.45, 2.75) is 0 Å². The van der Waals surface area contributed by atoms with E-state index in [0.29, 0.717) is 0 Å². The van der Waals surface area contributed by atoms with E-state index < -0.39 is 0 Å². The van der Waals surface area contributed by atoms with Crippen molar-refractivity contribution in [1.82, 2.24) is 0 Å². The molecule has 0 aliphatic rings. The zero-order valence-electron chi connectivity index (χ0n) is 1.66. The van der Waals surface area contributed by atoms with Crippen LogP contribution in [0, 0.1) is 0 Å². The Morgan fingerprint density at radius 2 is 1.00 bits per heavy atom. The first-order valence-corrected chi connectivity index (χ1v) is 0. The molecule has 0 saturated carbocycles. The maximum Gasteiger partial charge on any atom is 0 e. The molecule has 0 spiro atoms. The van der Waals surface area contributed by atoms with Gasteiger partial charge >= 0.3 is 0 Å². The Labute approximate surface area is 72.2 Å². The molecule has 0 N–H and O–H groups in total. The van der Waals surface area contributed by atoms with Gasteiger partial charge in [-0.25, -0.2) is 0 Å². The Morgan fingerprint density at radius 1 is 1.00 bits per heavy atom. The molecule has 0 atom stereocenters. The third-order valence-corrected chi connectivity index (χ3v) is 0. The Bertz CT molecular complexity index is 8.00. The minimum Gasteiger partial charge on any atom is 0 e. The van der Waals surface area contributed by atoms with Crippen LogP contribution in [0.4, 0.5) is 0 Å². The van der Waals surface area contributed by atoms with Crippen LogP contribution in [-0.4, -0.2) is 42.4 Å². The van der Waals surface area contributed by atoms with Crippen LogP contribution in [0.15, 0.2) is 0 Å². The second-order valence-electron chi connectivity index (χ2n) is 0. The van der Waals surface area contributed by atoms with Crippen molar-refractivity contribution in [2.75, 3.05) is 0 Å². The molecule has 0 bridgehead atoms. The topological polar surface area (TPSA) is 0 Å². The molecule has 0 heterocycles. The Morgan fingerprint density at radius 3 is 1.00 bits per heavy atom. The Kier molecular flexibility index (Phi) is 160. The molecule has 4 heavy (non-hydrogen) atoms.